The molecule has 0 radical (unpaired) electrons. The number of benzene rings is 1. The van der Waals surface area contributed by atoms with Gasteiger partial charge in [-0.05, 0) is 48.1 Å². The summed E-state index contributed by atoms with van der Waals surface area (Å²) in [6.07, 6.45) is 7.92. The maximum Gasteiger partial charge on any atom is 0.0470 e. The van der Waals surface area contributed by atoms with Crippen molar-refractivity contribution in [1.29, 1.82) is 0 Å². The van der Waals surface area contributed by atoms with Crippen LogP contribution in [0.1, 0.15) is 35.6 Å². The topological polar surface area (TPSA) is 30.9 Å². The number of fused-ring (bicyclic) bond motifs is 1. The maximum atomic E-state index is 6.14. The van der Waals surface area contributed by atoms with E-state index in [1.807, 2.05) is 12.1 Å². The highest BCUT2D eigenvalue weighted by atomic mass is 35.5. The van der Waals surface area contributed by atoms with Crippen LogP contribution in [0, 0.1) is 0 Å². The molecule has 1 aromatic heterocycles. The van der Waals surface area contributed by atoms with E-state index in [1.54, 1.807) is 0 Å². The number of hydrogen-bond acceptors (Lipinski definition) is 1. The van der Waals surface area contributed by atoms with E-state index in [2.05, 4.69) is 29.1 Å². The van der Waals surface area contributed by atoms with Crippen molar-refractivity contribution in [2.45, 2.75) is 31.8 Å². The minimum atomic E-state index is 0.222. The van der Waals surface area contributed by atoms with Crippen LogP contribution in [0.15, 0.2) is 36.7 Å². The number of aromatic nitrogens is 1. The van der Waals surface area contributed by atoms with E-state index in [0.29, 0.717) is 0 Å². The minimum absolute atomic E-state index is 0.222. The van der Waals surface area contributed by atoms with Gasteiger partial charge < -0.3 is 10.3 Å². The number of aryl methyl sites for hydroxylation is 1. The molecule has 18 heavy (non-hydrogen) atoms. The highest BCUT2D eigenvalue weighted by molar-refractivity contribution is 6.30. The van der Waals surface area contributed by atoms with Gasteiger partial charge in [-0.25, -0.2) is 0 Å². The average molecular weight is 261 g/mol. The van der Waals surface area contributed by atoms with Crippen LogP contribution < -0.4 is 5.73 Å². The largest absolute Gasteiger partial charge is 0.349 e. The molecule has 0 spiro atoms. The van der Waals surface area contributed by atoms with E-state index in [4.69, 9.17) is 17.3 Å². The fourth-order valence-corrected chi connectivity index (χ4v) is 2.80. The average Bonchev–Trinajstić information content (AvgIpc) is 2.76. The van der Waals surface area contributed by atoms with Crippen LogP contribution in [0.3, 0.4) is 0 Å². The molecule has 1 unspecified atom stereocenters. The Kier molecular flexibility index (Phi) is 3.14. The third-order valence-corrected chi connectivity index (χ3v) is 3.89. The zero-order valence-electron chi connectivity index (χ0n) is 10.3. The summed E-state index contributed by atoms with van der Waals surface area (Å²) < 4.78 is 2.24. The molecule has 1 aliphatic rings. The summed E-state index contributed by atoms with van der Waals surface area (Å²) in [7, 11) is 0. The van der Waals surface area contributed by atoms with Crippen molar-refractivity contribution in [3.05, 3.63) is 58.4 Å². The van der Waals surface area contributed by atoms with Gasteiger partial charge in [0.05, 0.1) is 0 Å². The zero-order valence-corrected chi connectivity index (χ0v) is 11.0. The predicted molar refractivity (Wildman–Crippen MR) is 74.9 cm³/mol. The first kappa shape index (κ1) is 11.8. The summed E-state index contributed by atoms with van der Waals surface area (Å²) in [6, 6.07) is 8.24. The molecule has 0 fully saturated rings. The summed E-state index contributed by atoms with van der Waals surface area (Å²) >= 11 is 5.89. The number of nitrogens with zero attached hydrogens (tertiary/aromatic N) is 1. The molecule has 0 aliphatic heterocycles. The quantitative estimate of drug-likeness (QED) is 0.880. The first-order valence-electron chi connectivity index (χ1n) is 6.41. The molecular weight excluding hydrogens is 244 g/mol. The lowest BCUT2D eigenvalue weighted by Gasteiger charge is -2.17. The Morgan fingerprint density at radius 1 is 1.22 bits per heavy atom. The molecule has 2 N–H and O–H groups in total. The fraction of sp³-hybridized carbons (Fsp3) is 0.333. The summed E-state index contributed by atoms with van der Waals surface area (Å²) in [5, 5.41) is 0.785. The maximum absolute atomic E-state index is 6.14. The number of rotatable bonds is 2. The molecule has 2 aromatic rings. The second-order valence-corrected chi connectivity index (χ2v) is 5.47. The first-order valence-corrected chi connectivity index (χ1v) is 6.79. The van der Waals surface area contributed by atoms with Crippen LogP contribution in [0.25, 0.3) is 0 Å². The van der Waals surface area contributed by atoms with E-state index in [-0.39, 0.29) is 6.04 Å². The van der Waals surface area contributed by atoms with Crippen LogP contribution in [0.5, 0.6) is 0 Å². The molecule has 94 valence electrons. The predicted octanol–water partition coefficient (Wildman–Crippen LogP) is 3.53. The Hall–Kier alpha value is -1.25. The van der Waals surface area contributed by atoms with E-state index in [1.165, 1.54) is 23.1 Å². The lowest BCUT2D eigenvalue weighted by Crippen LogP contribution is -2.15. The minimum Gasteiger partial charge on any atom is -0.349 e. The van der Waals surface area contributed by atoms with Gasteiger partial charge >= 0.3 is 0 Å². The highest BCUT2D eigenvalue weighted by Gasteiger charge is 2.18. The van der Waals surface area contributed by atoms with E-state index < -0.39 is 0 Å². The zero-order chi connectivity index (χ0) is 12.5. The summed E-state index contributed by atoms with van der Waals surface area (Å²) in [4.78, 5) is 0. The van der Waals surface area contributed by atoms with Crippen LogP contribution in [-0.2, 0) is 13.0 Å². The van der Waals surface area contributed by atoms with Crippen LogP contribution >= 0.6 is 11.6 Å². The summed E-state index contributed by atoms with van der Waals surface area (Å²) in [5.74, 6) is 0. The number of halogens is 1. The van der Waals surface area contributed by atoms with Crippen molar-refractivity contribution in [1.82, 2.24) is 4.57 Å². The second kappa shape index (κ2) is 4.79. The van der Waals surface area contributed by atoms with E-state index >= 15 is 0 Å². The summed E-state index contributed by atoms with van der Waals surface area (Å²) in [5.41, 5.74) is 10.2. The van der Waals surface area contributed by atoms with Gasteiger partial charge in [0.25, 0.3) is 0 Å². The van der Waals surface area contributed by atoms with Crippen molar-refractivity contribution in [2.24, 2.45) is 5.73 Å². The smallest absolute Gasteiger partial charge is 0.0470 e. The fourth-order valence-electron chi connectivity index (χ4n) is 2.68. The number of hydrogen-bond donors (Lipinski definition) is 1. The molecule has 2 nitrogen and oxygen atoms in total. The lowest BCUT2D eigenvalue weighted by molar-refractivity contribution is 0.573. The normalized spacial score (nSPS) is 18.7. The molecule has 1 heterocycles. The molecule has 1 atom stereocenters. The Bertz CT molecular complexity index is 542. The van der Waals surface area contributed by atoms with Crippen LogP contribution in [0.2, 0.25) is 5.02 Å². The van der Waals surface area contributed by atoms with Gasteiger partial charge in [-0.15, -0.1) is 0 Å². The Labute approximate surface area is 112 Å². The van der Waals surface area contributed by atoms with Crippen molar-refractivity contribution in [3.63, 3.8) is 0 Å². The van der Waals surface area contributed by atoms with E-state index in [9.17, 15) is 0 Å². The summed E-state index contributed by atoms with van der Waals surface area (Å²) in [6.45, 7) is 0.886. The molecule has 0 saturated heterocycles. The SMILES string of the molecule is NC1CCCc2cn(Cc3ccc(Cl)cc3)cc21. The van der Waals surface area contributed by atoms with Gasteiger partial charge in [0.15, 0.2) is 0 Å². The van der Waals surface area contributed by atoms with Gasteiger partial charge in [-0.1, -0.05) is 23.7 Å². The standard InChI is InChI=1S/C15H17ClN2/c16-13-6-4-11(5-7-13)8-18-9-12-2-1-3-15(17)14(12)10-18/h4-7,9-10,15H,1-3,8,17H2. The third kappa shape index (κ3) is 2.31. The Morgan fingerprint density at radius 3 is 2.72 bits per heavy atom. The molecule has 0 saturated carbocycles. The molecule has 3 heteroatoms. The van der Waals surface area contributed by atoms with Crippen molar-refractivity contribution in [2.75, 3.05) is 0 Å². The van der Waals surface area contributed by atoms with Crippen LogP contribution in [0.4, 0.5) is 0 Å². The third-order valence-electron chi connectivity index (χ3n) is 3.64. The first-order chi connectivity index (χ1) is 8.72. The van der Waals surface area contributed by atoms with Gasteiger partial charge in [0, 0.05) is 30.0 Å². The van der Waals surface area contributed by atoms with Gasteiger partial charge in [0.2, 0.25) is 0 Å². The molecule has 3 rings (SSSR count). The van der Waals surface area contributed by atoms with Crippen molar-refractivity contribution in [3.8, 4) is 0 Å². The highest BCUT2D eigenvalue weighted by Crippen LogP contribution is 2.28. The Balaban J connectivity index is 1.83. The lowest BCUT2D eigenvalue weighted by atomic mass is 9.92. The monoisotopic (exact) mass is 260 g/mol. The van der Waals surface area contributed by atoms with Gasteiger partial charge in [-0.3, -0.25) is 0 Å². The molecule has 1 aromatic carbocycles. The van der Waals surface area contributed by atoms with Crippen molar-refractivity contribution >= 4 is 11.6 Å². The molecule has 1 aliphatic carbocycles. The van der Waals surface area contributed by atoms with Crippen LogP contribution in [-0.4, -0.2) is 4.57 Å². The van der Waals surface area contributed by atoms with Gasteiger partial charge in [0.1, 0.15) is 0 Å². The molecule has 0 amide bonds. The molecule has 0 bridgehead atoms. The van der Waals surface area contributed by atoms with E-state index in [0.717, 1.165) is 24.4 Å². The number of nitrogens with two attached hydrogens (primary N) is 1. The van der Waals surface area contributed by atoms with Gasteiger partial charge in [-0.2, -0.15) is 0 Å². The molecular formula is C15H17ClN2. The Morgan fingerprint density at radius 2 is 2.00 bits per heavy atom. The van der Waals surface area contributed by atoms with Crippen molar-refractivity contribution < 1.29 is 0 Å². The second-order valence-electron chi connectivity index (χ2n) is 5.04.